The highest BCUT2D eigenvalue weighted by Gasteiger charge is 2.17. The molecule has 0 fully saturated rings. The minimum Gasteiger partial charge on any atom is -0.389 e. The van der Waals surface area contributed by atoms with Crippen molar-refractivity contribution in [2.24, 2.45) is 0 Å². The molecule has 0 aliphatic carbocycles. The molecule has 0 radical (unpaired) electrons. The largest absolute Gasteiger partial charge is 0.389 e. The molecule has 5 heteroatoms. The van der Waals surface area contributed by atoms with Gasteiger partial charge in [0.15, 0.2) is 0 Å². The average Bonchev–Trinajstić information content (AvgIpc) is 2.16. The Hall–Kier alpha value is -1.07. The molecule has 0 aliphatic heterocycles. The van der Waals surface area contributed by atoms with E-state index in [0.717, 1.165) is 0 Å². The van der Waals surface area contributed by atoms with Crippen molar-refractivity contribution in [1.29, 1.82) is 0 Å². The lowest BCUT2D eigenvalue weighted by molar-refractivity contribution is -0.387. The van der Waals surface area contributed by atoms with Gasteiger partial charge in [0.25, 0.3) is 5.69 Å². The van der Waals surface area contributed by atoms with E-state index in [-0.39, 0.29) is 10.9 Å². The van der Waals surface area contributed by atoms with Crippen LogP contribution in [0.4, 0.5) is 5.69 Å². The molecule has 0 bridgehead atoms. The summed E-state index contributed by atoms with van der Waals surface area (Å²) in [5.41, 5.74) is 0.636. The van der Waals surface area contributed by atoms with Crippen molar-refractivity contribution in [3.8, 4) is 0 Å². The Bertz CT molecular complexity index is 391. The van der Waals surface area contributed by atoms with Crippen molar-refractivity contribution < 1.29 is 10.0 Å². The summed E-state index contributed by atoms with van der Waals surface area (Å²) < 4.78 is 0. The topological polar surface area (TPSA) is 63.4 Å². The lowest BCUT2D eigenvalue weighted by Gasteiger charge is -2.09. The van der Waals surface area contributed by atoms with Gasteiger partial charge in [0.1, 0.15) is 0 Å². The van der Waals surface area contributed by atoms with E-state index in [9.17, 15) is 15.2 Å². The van der Waals surface area contributed by atoms with E-state index in [1.807, 2.05) is 13.8 Å². The lowest BCUT2D eigenvalue weighted by atomic mass is 10.1. The zero-order valence-electron chi connectivity index (χ0n) is 9.51. The third kappa shape index (κ3) is 3.21. The third-order valence-electron chi connectivity index (χ3n) is 2.02. The van der Waals surface area contributed by atoms with Gasteiger partial charge in [-0.25, -0.2) is 0 Å². The second-order valence-electron chi connectivity index (χ2n) is 3.83. The molecule has 4 nitrogen and oxygen atoms in total. The Labute approximate surface area is 98.8 Å². The zero-order valence-corrected chi connectivity index (χ0v) is 10.3. The van der Waals surface area contributed by atoms with Gasteiger partial charge in [0.05, 0.1) is 15.9 Å². The van der Waals surface area contributed by atoms with Gasteiger partial charge in [0, 0.05) is 11.3 Å². The third-order valence-corrected chi connectivity index (χ3v) is 3.10. The second kappa shape index (κ2) is 5.32. The number of hydrogen-bond donors (Lipinski definition) is 1. The smallest absolute Gasteiger partial charge is 0.283 e. The van der Waals surface area contributed by atoms with Crippen LogP contribution in [0.5, 0.6) is 0 Å². The predicted octanol–water partition coefficient (Wildman–Crippen LogP) is 3.15. The first kappa shape index (κ1) is 13.0. The van der Waals surface area contributed by atoms with E-state index in [1.165, 1.54) is 17.8 Å². The number of hydrogen-bond acceptors (Lipinski definition) is 4. The van der Waals surface area contributed by atoms with Crippen LogP contribution in [0.25, 0.3) is 0 Å². The number of aliphatic hydroxyl groups is 1. The maximum Gasteiger partial charge on any atom is 0.283 e. The average molecular weight is 241 g/mol. The van der Waals surface area contributed by atoms with Gasteiger partial charge < -0.3 is 5.11 Å². The molecule has 1 aromatic carbocycles. The normalized spacial score (nSPS) is 12.8. The van der Waals surface area contributed by atoms with Gasteiger partial charge in [-0.1, -0.05) is 19.9 Å². The SMILES string of the molecule is CC(C)Sc1ccc([C@H](C)O)cc1[N+](=O)[O-]. The van der Waals surface area contributed by atoms with Crippen LogP contribution in [0.2, 0.25) is 0 Å². The number of thioether (sulfide) groups is 1. The molecule has 0 unspecified atom stereocenters. The van der Waals surface area contributed by atoms with E-state index >= 15 is 0 Å². The predicted molar refractivity (Wildman–Crippen MR) is 64.7 cm³/mol. The van der Waals surface area contributed by atoms with Crippen molar-refractivity contribution in [3.05, 3.63) is 33.9 Å². The monoisotopic (exact) mass is 241 g/mol. The van der Waals surface area contributed by atoms with Crippen molar-refractivity contribution in [3.63, 3.8) is 0 Å². The lowest BCUT2D eigenvalue weighted by Crippen LogP contribution is -1.97. The summed E-state index contributed by atoms with van der Waals surface area (Å²) in [6.45, 7) is 5.56. The van der Waals surface area contributed by atoms with Gasteiger partial charge >= 0.3 is 0 Å². The number of nitro groups is 1. The van der Waals surface area contributed by atoms with Gasteiger partial charge in [-0.2, -0.15) is 0 Å². The fourth-order valence-corrected chi connectivity index (χ4v) is 2.20. The molecule has 0 saturated heterocycles. The Morgan fingerprint density at radius 1 is 1.38 bits per heavy atom. The minimum absolute atomic E-state index is 0.0668. The second-order valence-corrected chi connectivity index (χ2v) is 5.45. The summed E-state index contributed by atoms with van der Waals surface area (Å²) in [7, 11) is 0. The van der Waals surface area contributed by atoms with E-state index in [2.05, 4.69) is 0 Å². The van der Waals surface area contributed by atoms with Crippen LogP contribution in [0.3, 0.4) is 0 Å². The number of aliphatic hydroxyl groups excluding tert-OH is 1. The van der Waals surface area contributed by atoms with Crippen LogP contribution in [0.1, 0.15) is 32.4 Å². The quantitative estimate of drug-likeness (QED) is 0.499. The molecule has 88 valence electrons. The van der Waals surface area contributed by atoms with Crippen molar-refractivity contribution in [1.82, 2.24) is 0 Å². The molecule has 1 rings (SSSR count). The fourth-order valence-electron chi connectivity index (χ4n) is 1.29. The highest BCUT2D eigenvalue weighted by Crippen LogP contribution is 2.33. The van der Waals surface area contributed by atoms with Crippen LogP contribution in [0, 0.1) is 10.1 Å². The summed E-state index contributed by atoms with van der Waals surface area (Å²) in [5, 5.41) is 20.6. The molecule has 0 aromatic heterocycles. The van der Waals surface area contributed by atoms with Gasteiger partial charge in [-0.05, 0) is 18.6 Å². The Morgan fingerprint density at radius 3 is 2.44 bits per heavy atom. The Balaban J connectivity index is 3.14. The summed E-state index contributed by atoms with van der Waals surface area (Å²) in [6, 6.07) is 4.86. The number of rotatable bonds is 4. The highest BCUT2D eigenvalue weighted by molar-refractivity contribution is 8.00. The van der Waals surface area contributed by atoms with E-state index in [1.54, 1.807) is 19.1 Å². The minimum atomic E-state index is -0.684. The van der Waals surface area contributed by atoms with Crippen LogP contribution in [-0.2, 0) is 0 Å². The first-order valence-electron chi connectivity index (χ1n) is 5.05. The molecule has 0 amide bonds. The molecule has 0 saturated carbocycles. The fraction of sp³-hybridized carbons (Fsp3) is 0.455. The number of benzene rings is 1. The summed E-state index contributed by atoms with van der Waals surface area (Å²) in [5.74, 6) is 0. The number of nitrogens with zero attached hydrogens (tertiary/aromatic N) is 1. The van der Waals surface area contributed by atoms with Crippen LogP contribution in [-0.4, -0.2) is 15.3 Å². The Morgan fingerprint density at radius 2 is 2.00 bits per heavy atom. The maximum atomic E-state index is 10.9. The van der Waals surface area contributed by atoms with Crippen LogP contribution < -0.4 is 0 Å². The molecule has 0 spiro atoms. The van der Waals surface area contributed by atoms with Gasteiger partial charge in [-0.15, -0.1) is 11.8 Å². The van der Waals surface area contributed by atoms with Gasteiger partial charge in [-0.3, -0.25) is 10.1 Å². The van der Waals surface area contributed by atoms with Crippen LogP contribution in [0.15, 0.2) is 23.1 Å². The first-order valence-corrected chi connectivity index (χ1v) is 5.93. The molecule has 1 atom stereocenters. The summed E-state index contributed by atoms with van der Waals surface area (Å²) >= 11 is 1.45. The molecule has 0 heterocycles. The van der Waals surface area contributed by atoms with Crippen molar-refractivity contribution >= 4 is 17.4 Å². The maximum absolute atomic E-state index is 10.9. The van der Waals surface area contributed by atoms with Crippen molar-refractivity contribution in [2.75, 3.05) is 0 Å². The van der Waals surface area contributed by atoms with E-state index < -0.39 is 11.0 Å². The highest BCUT2D eigenvalue weighted by atomic mass is 32.2. The van der Waals surface area contributed by atoms with E-state index in [4.69, 9.17) is 0 Å². The molecule has 1 N–H and O–H groups in total. The summed E-state index contributed by atoms with van der Waals surface area (Å²) in [4.78, 5) is 11.1. The molecular weight excluding hydrogens is 226 g/mol. The zero-order chi connectivity index (χ0) is 12.3. The van der Waals surface area contributed by atoms with E-state index in [0.29, 0.717) is 10.5 Å². The molecular formula is C11H15NO3S. The number of nitro benzene ring substituents is 1. The van der Waals surface area contributed by atoms with Crippen LogP contribution >= 0.6 is 11.8 Å². The molecule has 16 heavy (non-hydrogen) atoms. The molecule has 0 aliphatic rings. The Kier molecular flexibility index (Phi) is 4.32. The summed E-state index contributed by atoms with van der Waals surface area (Å²) in [6.07, 6.45) is -0.684. The van der Waals surface area contributed by atoms with Gasteiger partial charge in [0.2, 0.25) is 0 Å². The molecule has 1 aromatic rings. The first-order chi connectivity index (χ1) is 7.41. The van der Waals surface area contributed by atoms with Crippen molar-refractivity contribution in [2.45, 2.75) is 37.0 Å². The standard InChI is InChI=1S/C11H15NO3S/c1-7(2)16-11-5-4-9(8(3)13)6-10(11)12(14)15/h4-8,13H,1-3H3/t8-/m0/s1.